The van der Waals surface area contributed by atoms with E-state index in [0.29, 0.717) is 0 Å². The number of rotatable bonds is 3. The minimum atomic E-state index is -0.434. The second kappa shape index (κ2) is 11.3. The van der Waals surface area contributed by atoms with Crippen LogP contribution >= 0.6 is 11.3 Å². The first-order valence-electron chi connectivity index (χ1n) is 18.9. The Morgan fingerprint density at radius 1 is 0.472 bits per heavy atom. The van der Waals surface area contributed by atoms with E-state index in [9.17, 15) is 0 Å². The standard InChI is InChI=1S/C51H43NS/c1-49(2,3)32-23-27-34(28-24-32)52(35-29-25-33(26-30-35)50(4,5)6)44-31-43-46(48-47(44)39-18-10-14-22-45(39)53-48)38-17-9-13-21-42(38)51(43)40-19-11-7-15-36(40)37-16-8-12-20-41(37)51/h7-31H,1-6H3. The van der Waals surface area contributed by atoms with Crippen molar-refractivity contribution in [1.82, 2.24) is 0 Å². The van der Waals surface area contributed by atoms with Gasteiger partial charge in [0, 0.05) is 37.1 Å². The van der Waals surface area contributed by atoms with Gasteiger partial charge in [0.15, 0.2) is 0 Å². The molecule has 0 N–H and O–H groups in total. The highest BCUT2D eigenvalue weighted by atomic mass is 32.1. The summed E-state index contributed by atoms with van der Waals surface area (Å²) in [7, 11) is 0. The predicted octanol–water partition coefficient (Wildman–Crippen LogP) is 14.5. The van der Waals surface area contributed by atoms with E-state index in [4.69, 9.17) is 0 Å². The molecule has 0 bridgehead atoms. The quantitative estimate of drug-likeness (QED) is 0.177. The number of anilines is 3. The van der Waals surface area contributed by atoms with E-state index in [2.05, 4.69) is 198 Å². The SMILES string of the molecule is CC(C)(C)c1ccc(N(c2ccc(C(C)(C)C)cc2)c2cc3c(c4sc5ccccc5c24)-c2ccccc2C32c3ccccc3-c3ccccc32)cc1. The minimum absolute atomic E-state index is 0.0591. The van der Waals surface area contributed by atoms with Crippen LogP contribution in [0.1, 0.15) is 74.9 Å². The van der Waals surface area contributed by atoms with Gasteiger partial charge in [-0.3, -0.25) is 0 Å². The highest BCUT2D eigenvalue weighted by Gasteiger charge is 2.52. The van der Waals surface area contributed by atoms with Gasteiger partial charge >= 0.3 is 0 Å². The van der Waals surface area contributed by atoms with Crippen LogP contribution in [0.15, 0.2) is 152 Å². The van der Waals surface area contributed by atoms with Gasteiger partial charge < -0.3 is 4.90 Å². The maximum absolute atomic E-state index is 2.57. The van der Waals surface area contributed by atoms with Crippen molar-refractivity contribution < 1.29 is 0 Å². The van der Waals surface area contributed by atoms with Crippen LogP contribution in [0.25, 0.3) is 42.4 Å². The van der Waals surface area contributed by atoms with Gasteiger partial charge in [-0.25, -0.2) is 0 Å². The van der Waals surface area contributed by atoms with E-state index in [1.54, 1.807) is 0 Å². The monoisotopic (exact) mass is 701 g/mol. The van der Waals surface area contributed by atoms with Gasteiger partial charge in [0.2, 0.25) is 0 Å². The van der Waals surface area contributed by atoms with Gasteiger partial charge in [0.1, 0.15) is 0 Å². The molecule has 0 unspecified atom stereocenters. The summed E-state index contributed by atoms with van der Waals surface area (Å²) in [5.41, 5.74) is 16.7. The van der Waals surface area contributed by atoms with Crippen LogP contribution in [-0.2, 0) is 16.2 Å². The highest BCUT2D eigenvalue weighted by molar-refractivity contribution is 7.26. The van der Waals surface area contributed by atoms with Crippen LogP contribution in [0.3, 0.4) is 0 Å². The predicted molar refractivity (Wildman–Crippen MR) is 228 cm³/mol. The summed E-state index contributed by atoms with van der Waals surface area (Å²) in [6.07, 6.45) is 0. The molecule has 53 heavy (non-hydrogen) atoms. The molecule has 0 atom stereocenters. The van der Waals surface area contributed by atoms with Crippen LogP contribution < -0.4 is 4.90 Å². The summed E-state index contributed by atoms with van der Waals surface area (Å²) in [6, 6.07) is 57.7. The zero-order chi connectivity index (χ0) is 36.3. The van der Waals surface area contributed by atoms with Crippen molar-refractivity contribution in [2.45, 2.75) is 57.8 Å². The van der Waals surface area contributed by atoms with Crippen molar-refractivity contribution in [3.8, 4) is 22.3 Å². The lowest BCUT2D eigenvalue weighted by molar-refractivity contribution is 0.590. The van der Waals surface area contributed by atoms with Crippen LogP contribution in [0.5, 0.6) is 0 Å². The second-order valence-electron chi connectivity index (χ2n) is 16.9. The van der Waals surface area contributed by atoms with Crippen molar-refractivity contribution >= 4 is 48.6 Å². The van der Waals surface area contributed by atoms with Crippen molar-refractivity contribution in [2.75, 3.05) is 4.90 Å². The first kappa shape index (κ1) is 32.2. The smallest absolute Gasteiger partial charge is 0.0726 e. The maximum Gasteiger partial charge on any atom is 0.0726 e. The van der Waals surface area contributed by atoms with Gasteiger partial charge in [0.05, 0.1) is 11.1 Å². The zero-order valence-electron chi connectivity index (χ0n) is 31.3. The molecule has 2 aliphatic carbocycles. The summed E-state index contributed by atoms with van der Waals surface area (Å²) in [5.74, 6) is 0. The average molecular weight is 702 g/mol. The molecule has 0 amide bonds. The summed E-state index contributed by atoms with van der Waals surface area (Å²) >= 11 is 1.94. The van der Waals surface area contributed by atoms with Crippen LogP contribution in [0, 0.1) is 0 Å². The van der Waals surface area contributed by atoms with Gasteiger partial charge in [-0.15, -0.1) is 11.3 Å². The number of benzene rings is 7. The third kappa shape index (κ3) is 4.55. The Kier molecular flexibility index (Phi) is 6.86. The van der Waals surface area contributed by atoms with Crippen LogP contribution in [-0.4, -0.2) is 0 Å². The molecule has 1 aromatic heterocycles. The first-order valence-corrected chi connectivity index (χ1v) is 19.7. The number of thiophene rings is 1. The van der Waals surface area contributed by atoms with E-state index < -0.39 is 5.41 Å². The number of hydrogen-bond acceptors (Lipinski definition) is 2. The number of nitrogens with zero attached hydrogens (tertiary/aromatic N) is 1. The molecule has 1 spiro atoms. The third-order valence-corrected chi connectivity index (χ3v) is 13.0. The fourth-order valence-electron chi connectivity index (χ4n) is 9.26. The number of fused-ring (bicyclic) bond motifs is 14. The Labute approximate surface area is 317 Å². The molecule has 0 saturated heterocycles. The second-order valence-corrected chi connectivity index (χ2v) is 18.0. The fourth-order valence-corrected chi connectivity index (χ4v) is 10.5. The van der Waals surface area contributed by atoms with Crippen molar-refractivity contribution in [1.29, 1.82) is 0 Å². The van der Waals surface area contributed by atoms with E-state index in [0.717, 1.165) is 11.4 Å². The van der Waals surface area contributed by atoms with Gasteiger partial charge in [-0.1, -0.05) is 157 Å². The van der Waals surface area contributed by atoms with Crippen molar-refractivity contribution in [3.05, 3.63) is 185 Å². The highest BCUT2D eigenvalue weighted by Crippen LogP contribution is 2.65. The Morgan fingerprint density at radius 2 is 0.925 bits per heavy atom. The fraction of sp³-hybridized carbons (Fsp3) is 0.176. The summed E-state index contributed by atoms with van der Waals surface area (Å²) in [6.45, 7) is 13.8. The van der Waals surface area contributed by atoms with E-state index in [-0.39, 0.29) is 10.8 Å². The third-order valence-electron chi connectivity index (χ3n) is 11.8. The molecule has 2 heteroatoms. The largest absolute Gasteiger partial charge is 0.310 e. The first-order chi connectivity index (χ1) is 25.6. The molecule has 0 radical (unpaired) electrons. The van der Waals surface area contributed by atoms with Crippen molar-refractivity contribution in [3.63, 3.8) is 0 Å². The Morgan fingerprint density at radius 3 is 1.45 bits per heavy atom. The molecule has 1 nitrogen and oxygen atoms in total. The van der Waals surface area contributed by atoms with E-state index >= 15 is 0 Å². The van der Waals surface area contributed by atoms with Crippen LogP contribution in [0.2, 0.25) is 0 Å². The molecule has 8 aromatic rings. The molecular weight excluding hydrogens is 659 g/mol. The molecular formula is C51H43NS. The molecule has 0 saturated carbocycles. The molecule has 258 valence electrons. The molecule has 0 aliphatic heterocycles. The normalized spacial score (nSPS) is 14.0. The van der Waals surface area contributed by atoms with Gasteiger partial charge in [-0.2, -0.15) is 0 Å². The topological polar surface area (TPSA) is 3.24 Å². The van der Waals surface area contributed by atoms with Gasteiger partial charge in [0.25, 0.3) is 0 Å². The molecule has 1 heterocycles. The number of hydrogen-bond donors (Lipinski definition) is 0. The maximum atomic E-state index is 2.57. The summed E-state index contributed by atoms with van der Waals surface area (Å²) < 4.78 is 2.67. The molecule has 10 rings (SSSR count). The molecule has 0 fully saturated rings. The lowest BCUT2D eigenvalue weighted by Crippen LogP contribution is -2.26. The molecule has 2 aliphatic rings. The lowest BCUT2D eigenvalue weighted by Gasteiger charge is -2.33. The van der Waals surface area contributed by atoms with Gasteiger partial charge in [-0.05, 0) is 97.3 Å². The van der Waals surface area contributed by atoms with Crippen LogP contribution in [0.4, 0.5) is 17.1 Å². The minimum Gasteiger partial charge on any atom is -0.310 e. The summed E-state index contributed by atoms with van der Waals surface area (Å²) in [4.78, 5) is 2.53. The van der Waals surface area contributed by atoms with E-state index in [1.807, 2.05) is 11.3 Å². The molecule has 7 aromatic carbocycles. The van der Waals surface area contributed by atoms with E-state index in [1.165, 1.54) is 81.5 Å². The lowest BCUT2D eigenvalue weighted by atomic mass is 9.70. The Bertz CT molecular complexity index is 2630. The Balaban J connectivity index is 1.36. The van der Waals surface area contributed by atoms with Crippen molar-refractivity contribution in [2.24, 2.45) is 0 Å². The Hall–Kier alpha value is -5.44. The average Bonchev–Trinajstić information content (AvgIpc) is 3.79. The zero-order valence-corrected chi connectivity index (χ0v) is 32.1. The summed E-state index contributed by atoms with van der Waals surface area (Å²) in [5, 5.41) is 2.62.